The van der Waals surface area contributed by atoms with Crippen molar-refractivity contribution in [3.63, 3.8) is 0 Å². The van der Waals surface area contributed by atoms with Crippen molar-refractivity contribution in [3.8, 4) is 0 Å². The van der Waals surface area contributed by atoms with Gasteiger partial charge in [-0.15, -0.1) is 11.3 Å². The van der Waals surface area contributed by atoms with Gasteiger partial charge in [-0.25, -0.2) is 9.78 Å². The third-order valence-corrected chi connectivity index (χ3v) is 4.34. The van der Waals surface area contributed by atoms with Gasteiger partial charge in [0.1, 0.15) is 5.01 Å². The van der Waals surface area contributed by atoms with Crippen molar-refractivity contribution in [2.75, 3.05) is 19.8 Å². The summed E-state index contributed by atoms with van der Waals surface area (Å²) in [7, 11) is 0. The molecule has 0 radical (unpaired) electrons. The summed E-state index contributed by atoms with van der Waals surface area (Å²) in [5.41, 5.74) is 5.17. The smallest absolute Gasteiger partial charge is 0.355 e. The average molecular weight is 299 g/mol. The highest BCUT2D eigenvalue weighted by molar-refractivity contribution is 7.09. The monoisotopic (exact) mass is 299 g/mol. The van der Waals surface area contributed by atoms with Gasteiger partial charge < -0.3 is 20.9 Å². The number of thiazole rings is 1. The minimum Gasteiger partial charge on any atom is -0.476 e. The summed E-state index contributed by atoms with van der Waals surface area (Å²) in [5.74, 6) is -1.18. The van der Waals surface area contributed by atoms with Crippen LogP contribution in [0.2, 0.25) is 0 Å². The fraction of sp³-hybridized carbons (Fsp3) is 0.583. The summed E-state index contributed by atoms with van der Waals surface area (Å²) in [6.45, 7) is 1.57. The molecular weight excluding hydrogens is 282 g/mol. The Morgan fingerprint density at radius 1 is 1.50 bits per heavy atom. The Labute approximate surface area is 120 Å². The normalized spacial score (nSPS) is 17.6. The van der Waals surface area contributed by atoms with Gasteiger partial charge in [-0.2, -0.15) is 0 Å². The quantitative estimate of drug-likeness (QED) is 0.716. The van der Waals surface area contributed by atoms with Crippen LogP contribution in [0.25, 0.3) is 0 Å². The van der Waals surface area contributed by atoms with Gasteiger partial charge >= 0.3 is 5.97 Å². The summed E-state index contributed by atoms with van der Waals surface area (Å²) >= 11 is 1.21. The third kappa shape index (κ3) is 3.14. The molecular formula is C12H17N3O4S. The number of hydrogen-bond acceptors (Lipinski definition) is 6. The first kappa shape index (κ1) is 14.9. The van der Waals surface area contributed by atoms with Gasteiger partial charge in [0, 0.05) is 25.1 Å². The average Bonchev–Trinajstić information content (AvgIpc) is 2.94. The molecule has 2 heterocycles. The number of nitrogens with two attached hydrogens (primary N) is 1. The number of carboxylic acids is 1. The molecule has 0 spiro atoms. The molecule has 4 N–H and O–H groups in total. The molecule has 1 aromatic heterocycles. The molecule has 1 aliphatic heterocycles. The maximum atomic E-state index is 12.3. The van der Waals surface area contributed by atoms with Crippen LogP contribution in [-0.4, -0.2) is 41.7 Å². The van der Waals surface area contributed by atoms with E-state index in [1.807, 2.05) is 0 Å². The summed E-state index contributed by atoms with van der Waals surface area (Å²) in [5, 5.41) is 13.6. The zero-order valence-electron chi connectivity index (χ0n) is 10.9. The number of hydrogen-bond donors (Lipinski definition) is 3. The second-order valence-corrected chi connectivity index (χ2v) is 5.65. The lowest BCUT2D eigenvalue weighted by Gasteiger charge is -2.34. The van der Waals surface area contributed by atoms with E-state index in [-0.39, 0.29) is 24.7 Å². The van der Waals surface area contributed by atoms with Gasteiger partial charge in [-0.05, 0) is 12.8 Å². The van der Waals surface area contributed by atoms with E-state index < -0.39 is 11.4 Å². The molecule has 0 aliphatic carbocycles. The van der Waals surface area contributed by atoms with Crippen molar-refractivity contribution in [3.05, 3.63) is 16.1 Å². The van der Waals surface area contributed by atoms with E-state index in [0.717, 1.165) is 0 Å². The molecule has 8 heteroatoms. The fourth-order valence-electron chi connectivity index (χ4n) is 2.12. The lowest BCUT2D eigenvalue weighted by Crippen LogP contribution is -2.48. The van der Waals surface area contributed by atoms with Crippen molar-refractivity contribution in [2.24, 2.45) is 11.1 Å². The van der Waals surface area contributed by atoms with Crippen LogP contribution in [0.3, 0.4) is 0 Å². The first-order valence-electron chi connectivity index (χ1n) is 6.31. The first-order valence-corrected chi connectivity index (χ1v) is 7.19. The van der Waals surface area contributed by atoms with Crippen molar-refractivity contribution < 1.29 is 19.4 Å². The van der Waals surface area contributed by atoms with Crippen LogP contribution < -0.4 is 11.1 Å². The third-order valence-electron chi connectivity index (χ3n) is 3.49. The lowest BCUT2D eigenvalue weighted by molar-refractivity contribution is -0.136. The standard InChI is InChI=1S/C12H17N3O4S/c13-7-12(1-3-19-4-2-12)11(18)14-5-9-15-8(6-20-9)10(16)17/h6H,1-5,7,13H2,(H,14,18)(H,16,17). The summed E-state index contributed by atoms with van der Waals surface area (Å²) in [4.78, 5) is 26.9. The summed E-state index contributed by atoms with van der Waals surface area (Å²) < 4.78 is 5.26. The minimum absolute atomic E-state index is 0.00106. The Bertz CT molecular complexity index is 497. The highest BCUT2D eigenvalue weighted by Crippen LogP contribution is 2.29. The number of aromatic nitrogens is 1. The second kappa shape index (κ2) is 6.29. The molecule has 7 nitrogen and oxygen atoms in total. The van der Waals surface area contributed by atoms with Crippen LogP contribution in [0.1, 0.15) is 28.3 Å². The number of carboxylic acid groups (broad SMARTS) is 1. The SMILES string of the molecule is NCC1(C(=O)NCc2nc(C(=O)O)cs2)CCOCC1. The molecule has 2 rings (SSSR count). The van der Waals surface area contributed by atoms with Crippen molar-refractivity contribution >= 4 is 23.2 Å². The predicted octanol–water partition coefficient (Wildman–Crippen LogP) is 0.213. The molecule has 1 aromatic rings. The number of ether oxygens (including phenoxy) is 1. The minimum atomic E-state index is -1.07. The number of nitrogens with one attached hydrogen (secondary N) is 1. The predicted molar refractivity (Wildman–Crippen MR) is 72.5 cm³/mol. The molecule has 0 unspecified atom stereocenters. The van der Waals surface area contributed by atoms with Crippen LogP contribution >= 0.6 is 11.3 Å². The van der Waals surface area contributed by atoms with E-state index in [4.69, 9.17) is 15.6 Å². The number of aromatic carboxylic acids is 1. The zero-order valence-corrected chi connectivity index (χ0v) is 11.7. The van der Waals surface area contributed by atoms with E-state index in [1.54, 1.807) is 0 Å². The molecule has 1 aliphatic rings. The van der Waals surface area contributed by atoms with Gasteiger partial charge in [0.05, 0.1) is 12.0 Å². The van der Waals surface area contributed by atoms with E-state index in [9.17, 15) is 9.59 Å². The molecule has 0 bridgehead atoms. The van der Waals surface area contributed by atoms with E-state index in [1.165, 1.54) is 16.7 Å². The van der Waals surface area contributed by atoms with Crippen LogP contribution in [0.4, 0.5) is 0 Å². The highest BCUT2D eigenvalue weighted by Gasteiger charge is 2.38. The molecule has 1 saturated heterocycles. The second-order valence-electron chi connectivity index (χ2n) is 4.71. The van der Waals surface area contributed by atoms with Crippen molar-refractivity contribution in [2.45, 2.75) is 19.4 Å². The Kier molecular flexibility index (Phi) is 4.69. The van der Waals surface area contributed by atoms with E-state index >= 15 is 0 Å². The largest absolute Gasteiger partial charge is 0.476 e. The number of rotatable bonds is 5. The molecule has 0 saturated carbocycles. The topological polar surface area (TPSA) is 115 Å². The van der Waals surface area contributed by atoms with Gasteiger partial charge in [0.25, 0.3) is 0 Å². The zero-order chi connectivity index (χ0) is 14.6. The fourth-order valence-corrected chi connectivity index (χ4v) is 2.83. The maximum absolute atomic E-state index is 12.3. The Hall–Kier alpha value is -1.51. The van der Waals surface area contributed by atoms with Crippen LogP contribution in [0, 0.1) is 5.41 Å². The van der Waals surface area contributed by atoms with Crippen molar-refractivity contribution in [1.82, 2.24) is 10.3 Å². The molecule has 1 fully saturated rings. The first-order chi connectivity index (χ1) is 9.57. The van der Waals surface area contributed by atoms with Gasteiger partial charge in [0.15, 0.2) is 5.69 Å². The lowest BCUT2D eigenvalue weighted by atomic mass is 9.79. The Morgan fingerprint density at radius 2 is 2.20 bits per heavy atom. The molecule has 0 atom stereocenters. The number of carbonyl (C=O) groups is 2. The Balaban J connectivity index is 1.94. The van der Waals surface area contributed by atoms with E-state index in [2.05, 4.69) is 10.3 Å². The highest BCUT2D eigenvalue weighted by atomic mass is 32.1. The Morgan fingerprint density at radius 3 is 2.75 bits per heavy atom. The summed E-state index contributed by atoms with van der Waals surface area (Å²) in [6, 6.07) is 0. The molecule has 1 amide bonds. The molecule has 110 valence electrons. The van der Waals surface area contributed by atoms with Crippen molar-refractivity contribution in [1.29, 1.82) is 0 Å². The van der Waals surface area contributed by atoms with E-state index in [0.29, 0.717) is 31.1 Å². The molecule has 20 heavy (non-hydrogen) atoms. The van der Waals surface area contributed by atoms with Crippen LogP contribution in [0.15, 0.2) is 5.38 Å². The number of nitrogens with zero attached hydrogens (tertiary/aromatic N) is 1. The van der Waals surface area contributed by atoms with Gasteiger partial charge in [-0.1, -0.05) is 0 Å². The summed E-state index contributed by atoms with van der Waals surface area (Å²) in [6.07, 6.45) is 1.21. The molecule has 0 aromatic carbocycles. The van der Waals surface area contributed by atoms with Crippen LogP contribution in [-0.2, 0) is 16.1 Å². The maximum Gasteiger partial charge on any atom is 0.355 e. The number of amides is 1. The number of carbonyl (C=O) groups excluding carboxylic acids is 1. The van der Waals surface area contributed by atoms with Crippen LogP contribution in [0.5, 0.6) is 0 Å². The van der Waals surface area contributed by atoms with Gasteiger partial charge in [-0.3, -0.25) is 4.79 Å². The van der Waals surface area contributed by atoms with Gasteiger partial charge in [0.2, 0.25) is 5.91 Å².